The Morgan fingerprint density at radius 3 is 2.77 bits per heavy atom. The van der Waals surface area contributed by atoms with Crippen LogP contribution < -0.4 is 5.32 Å². The van der Waals surface area contributed by atoms with Crippen LogP contribution in [0.4, 0.5) is 4.39 Å². The van der Waals surface area contributed by atoms with E-state index in [9.17, 15) is 9.59 Å². The quantitative estimate of drug-likeness (QED) is 0.182. The minimum Gasteiger partial charge on any atom is -0.383 e. The van der Waals surface area contributed by atoms with Crippen LogP contribution in [0.5, 0.6) is 0 Å². The van der Waals surface area contributed by atoms with E-state index < -0.39 is 5.92 Å². The van der Waals surface area contributed by atoms with Crippen LogP contribution in [0.25, 0.3) is 10.9 Å². The van der Waals surface area contributed by atoms with Crippen LogP contribution in [0, 0.1) is 30.6 Å². The Balaban J connectivity index is 1.36. The molecule has 0 saturated heterocycles. The summed E-state index contributed by atoms with van der Waals surface area (Å²) in [4.78, 5) is 25.8. The summed E-state index contributed by atoms with van der Waals surface area (Å²) in [5, 5.41) is 8.63. The van der Waals surface area contributed by atoms with Crippen LogP contribution >= 0.6 is 0 Å². The zero-order valence-electron chi connectivity index (χ0n) is 26.2. The van der Waals surface area contributed by atoms with Gasteiger partial charge < -0.3 is 10.1 Å². The number of halogens is 1. The molecule has 1 N–H and O–H groups in total. The number of aromatic nitrogens is 2. The van der Waals surface area contributed by atoms with Crippen molar-refractivity contribution in [1.82, 2.24) is 15.1 Å². The second-order valence-electron chi connectivity index (χ2n) is 12.0. The van der Waals surface area contributed by atoms with E-state index in [4.69, 9.17) is 9.84 Å². The number of benzene rings is 1. The molecule has 43 heavy (non-hydrogen) atoms. The normalized spacial score (nSPS) is 20.1. The van der Waals surface area contributed by atoms with E-state index in [0.717, 1.165) is 54.3 Å². The highest BCUT2D eigenvalue weighted by atomic mass is 19.1. The molecule has 1 aromatic carbocycles. The number of allylic oxidation sites excluding steroid dienone is 10. The van der Waals surface area contributed by atoms with Crippen LogP contribution in [0.2, 0.25) is 0 Å². The molecule has 4 atom stereocenters. The van der Waals surface area contributed by atoms with Crippen LogP contribution in [-0.2, 0) is 16.1 Å². The number of aryl methyl sites for hydroxylation is 1. The number of nitrogens with zero attached hydrogens (tertiary/aromatic N) is 2. The van der Waals surface area contributed by atoms with Crippen molar-refractivity contribution in [3.05, 3.63) is 89.0 Å². The van der Waals surface area contributed by atoms with Gasteiger partial charge in [-0.05, 0) is 61.3 Å². The fourth-order valence-corrected chi connectivity index (χ4v) is 5.88. The summed E-state index contributed by atoms with van der Waals surface area (Å²) in [6.45, 7) is 9.79. The van der Waals surface area contributed by atoms with Gasteiger partial charge in [-0.3, -0.25) is 14.3 Å². The van der Waals surface area contributed by atoms with Gasteiger partial charge >= 0.3 is 0 Å². The van der Waals surface area contributed by atoms with Crippen LogP contribution in [-0.4, -0.2) is 41.7 Å². The van der Waals surface area contributed by atoms with Gasteiger partial charge in [-0.25, -0.2) is 4.39 Å². The van der Waals surface area contributed by atoms with E-state index in [0.29, 0.717) is 30.6 Å². The second kappa shape index (κ2) is 15.2. The maximum atomic E-state index is 15.1. The first kappa shape index (κ1) is 32.3. The summed E-state index contributed by atoms with van der Waals surface area (Å²) in [7, 11) is 1.61. The molecule has 230 valence electrons. The largest absolute Gasteiger partial charge is 0.383 e. The number of ether oxygens (including phenoxy) is 1. The molecule has 7 heteroatoms. The van der Waals surface area contributed by atoms with Crippen molar-refractivity contribution < 1.29 is 18.7 Å². The number of ketones is 1. The van der Waals surface area contributed by atoms with Gasteiger partial charge in [0.2, 0.25) is 0 Å². The molecule has 2 aromatic rings. The Morgan fingerprint density at radius 1 is 1.26 bits per heavy atom. The fourth-order valence-electron chi connectivity index (χ4n) is 5.88. The maximum absolute atomic E-state index is 15.1. The molecular weight excluding hydrogens is 541 g/mol. The Kier molecular flexibility index (Phi) is 11.5. The molecule has 1 amide bonds. The SMILES string of the molecule is CCCC(C/C=C/C(C)C(=O)C1=C(F)CC(C2=CCC(C)C=C2)C=C1)Cn1cc2c(C)c(C(=O)NCCOC)ccc2n1. The van der Waals surface area contributed by atoms with Crippen LogP contribution in [0.1, 0.15) is 68.8 Å². The maximum Gasteiger partial charge on any atom is 0.251 e. The van der Waals surface area contributed by atoms with Crippen molar-refractivity contribution >= 4 is 22.6 Å². The van der Waals surface area contributed by atoms with Crippen molar-refractivity contribution in [3.63, 3.8) is 0 Å². The monoisotopic (exact) mass is 587 g/mol. The lowest BCUT2D eigenvalue weighted by Crippen LogP contribution is -2.27. The fraction of sp³-hybridized carbons (Fsp3) is 0.472. The number of carbonyl (C=O) groups is 2. The molecule has 1 aromatic heterocycles. The summed E-state index contributed by atoms with van der Waals surface area (Å²) in [5.74, 6) is -0.161. The van der Waals surface area contributed by atoms with Gasteiger partial charge in [0, 0.05) is 61.2 Å². The number of amides is 1. The zero-order chi connectivity index (χ0) is 30.9. The molecule has 0 saturated carbocycles. The number of hydrogen-bond acceptors (Lipinski definition) is 4. The van der Waals surface area contributed by atoms with Crippen LogP contribution in [0.15, 0.2) is 77.8 Å². The van der Waals surface area contributed by atoms with Crippen molar-refractivity contribution in [1.29, 1.82) is 0 Å². The number of nitrogens with one attached hydrogen (secondary N) is 1. The van der Waals surface area contributed by atoms with E-state index in [2.05, 4.69) is 43.5 Å². The minimum atomic E-state index is -0.401. The summed E-state index contributed by atoms with van der Waals surface area (Å²) in [5.41, 5.74) is 3.75. The lowest BCUT2D eigenvalue weighted by Gasteiger charge is -2.22. The molecule has 1 heterocycles. The van der Waals surface area contributed by atoms with Gasteiger partial charge in [0.15, 0.2) is 5.78 Å². The van der Waals surface area contributed by atoms with Crippen LogP contribution in [0.3, 0.4) is 0 Å². The zero-order valence-corrected chi connectivity index (χ0v) is 26.2. The van der Waals surface area contributed by atoms with Gasteiger partial charge in [0.1, 0.15) is 5.83 Å². The number of carbonyl (C=O) groups excluding carboxylic acids is 2. The molecule has 0 aliphatic heterocycles. The van der Waals surface area contributed by atoms with Crippen molar-refractivity contribution in [2.45, 2.75) is 66.3 Å². The Hall–Kier alpha value is -3.58. The topological polar surface area (TPSA) is 73.2 Å². The lowest BCUT2D eigenvalue weighted by molar-refractivity contribution is -0.117. The predicted octanol–water partition coefficient (Wildman–Crippen LogP) is 7.61. The van der Waals surface area contributed by atoms with Gasteiger partial charge in [0.25, 0.3) is 5.91 Å². The van der Waals surface area contributed by atoms with Gasteiger partial charge in [-0.2, -0.15) is 5.10 Å². The van der Waals surface area contributed by atoms with E-state index in [1.807, 2.05) is 49.0 Å². The number of methoxy groups -OCH3 is 1. The van der Waals surface area contributed by atoms with Crippen molar-refractivity contribution in [3.8, 4) is 0 Å². The average Bonchev–Trinajstić information content (AvgIpc) is 3.41. The summed E-state index contributed by atoms with van der Waals surface area (Å²) in [6, 6.07) is 3.72. The molecule has 4 rings (SSSR count). The number of rotatable bonds is 14. The van der Waals surface area contributed by atoms with Gasteiger partial charge in [0.05, 0.1) is 12.1 Å². The molecular formula is C36H46FN3O3. The first-order valence-corrected chi connectivity index (χ1v) is 15.6. The Labute approximate surface area is 255 Å². The number of hydrogen-bond donors (Lipinski definition) is 1. The van der Waals surface area contributed by atoms with E-state index in [-0.39, 0.29) is 35.4 Å². The van der Waals surface area contributed by atoms with E-state index in [1.54, 1.807) is 13.2 Å². The minimum absolute atomic E-state index is 0.00618. The number of Topliss-reactive ketones (excluding diaryl/α,β-unsaturated/α-hetero) is 1. The average molecular weight is 588 g/mol. The molecule has 0 spiro atoms. The molecule has 0 bridgehead atoms. The highest BCUT2D eigenvalue weighted by Crippen LogP contribution is 2.34. The van der Waals surface area contributed by atoms with Crippen molar-refractivity contribution in [2.75, 3.05) is 20.3 Å². The Bertz CT molecular complexity index is 1460. The molecule has 4 unspecified atom stereocenters. The highest BCUT2D eigenvalue weighted by Gasteiger charge is 2.25. The summed E-state index contributed by atoms with van der Waals surface area (Å²) in [6.07, 6.45) is 20.2. The predicted molar refractivity (Wildman–Crippen MR) is 171 cm³/mol. The number of fused-ring (bicyclic) bond motifs is 1. The molecule has 2 aliphatic rings. The third kappa shape index (κ3) is 8.29. The van der Waals surface area contributed by atoms with Gasteiger partial charge in [-0.15, -0.1) is 0 Å². The highest BCUT2D eigenvalue weighted by molar-refractivity contribution is 6.01. The van der Waals surface area contributed by atoms with Crippen molar-refractivity contribution in [2.24, 2.45) is 23.7 Å². The van der Waals surface area contributed by atoms with Gasteiger partial charge in [-0.1, -0.05) is 69.7 Å². The molecule has 0 fully saturated rings. The van der Waals surface area contributed by atoms with E-state index >= 15 is 4.39 Å². The third-order valence-corrected chi connectivity index (χ3v) is 8.52. The summed E-state index contributed by atoms with van der Waals surface area (Å²) < 4.78 is 22.1. The first-order chi connectivity index (χ1) is 20.7. The summed E-state index contributed by atoms with van der Waals surface area (Å²) >= 11 is 0. The molecule has 2 aliphatic carbocycles. The Morgan fingerprint density at radius 2 is 2.07 bits per heavy atom. The smallest absolute Gasteiger partial charge is 0.251 e. The van der Waals surface area contributed by atoms with E-state index in [1.165, 1.54) is 0 Å². The lowest BCUT2D eigenvalue weighted by atomic mass is 9.83. The molecule has 6 nitrogen and oxygen atoms in total. The standard InChI is InChI=1S/C36H46FN3O3/c1-6-8-27(22-40-23-32-26(4)30(17-18-34(32)39-40)36(42)38-19-20-43-5)10-7-9-25(3)35(41)31-16-15-29(21-33(31)37)28-13-11-24(2)12-14-28/h7,9,11,13-18,23-25,27,29H,6,8,10,12,19-22H2,1-5H3,(H,38,42)/b9-7+. The second-order valence-corrected chi connectivity index (χ2v) is 12.0. The molecule has 0 radical (unpaired) electrons. The first-order valence-electron chi connectivity index (χ1n) is 15.6. The third-order valence-electron chi connectivity index (χ3n) is 8.52.